The lowest BCUT2D eigenvalue weighted by Crippen LogP contribution is -2.32. The number of aromatic nitrogens is 1. The van der Waals surface area contributed by atoms with Crippen molar-refractivity contribution in [3.05, 3.63) is 48.2 Å². The number of hydrogen-bond donors (Lipinski definition) is 0. The van der Waals surface area contributed by atoms with Gasteiger partial charge < -0.3 is 14.5 Å². The summed E-state index contributed by atoms with van der Waals surface area (Å²) in [6, 6.07) is 11.1. The molecule has 0 radical (unpaired) electrons. The van der Waals surface area contributed by atoms with Crippen LogP contribution in [0.5, 0.6) is 5.88 Å². The average molecular weight is 393 g/mol. The van der Waals surface area contributed by atoms with Gasteiger partial charge in [0.15, 0.2) is 6.61 Å². The highest BCUT2D eigenvalue weighted by molar-refractivity contribution is 6.08. The summed E-state index contributed by atoms with van der Waals surface area (Å²) in [4.78, 5) is 32.0. The summed E-state index contributed by atoms with van der Waals surface area (Å²) in [7, 11) is 0. The number of nitrogens with zero attached hydrogens (tertiary/aromatic N) is 3. The molecule has 148 valence electrons. The molecule has 2 heterocycles. The molecule has 3 rings (SSSR count). The molecule has 0 atom stereocenters. The number of carbonyl (C=O) groups excluding carboxylic acids is 2. The van der Waals surface area contributed by atoms with Crippen molar-refractivity contribution in [2.24, 2.45) is 0 Å². The standard InChI is InChI=1S/C19H18F3N3O3/c1-13(26)24-10-5-11-25(16-8-3-2-7-15(16)24)18(27)14-6-4-9-17(23-14)28-12-19(20,21)22/h2-4,6-9H,5,10-12H2,1H3. The molecule has 9 heteroatoms. The van der Waals surface area contributed by atoms with E-state index in [0.717, 1.165) is 0 Å². The number of rotatable bonds is 3. The monoisotopic (exact) mass is 393 g/mol. The number of carbonyl (C=O) groups is 2. The Bertz CT molecular complexity index is 886. The lowest BCUT2D eigenvalue weighted by Gasteiger charge is -2.24. The summed E-state index contributed by atoms with van der Waals surface area (Å²) in [5.74, 6) is -0.894. The minimum absolute atomic E-state index is 0.0363. The predicted molar refractivity (Wildman–Crippen MR) is 96.5 cm³/mol. The minimum Gasteiger partial charge on any atom is -0.468 e. The fourth-order valence-electron chi connectivity index (χ4n) is 2.99. The Labute approximate surface area is 159 Å². The van der Waals surface area contributed by atoms with Crippen LogP contribution in [0.3, 0.4) is 0 Å². The van der Waals surface area contributed by atoms with E-state index < -0.39 is 18.7 Å². The van der Waals surface area contributed by atoms with Crippen LogP contribution in [0.25, 0.3) is 0 Å². The third kappa shape index (κ3) is 4.41. The summed E-state index contributed by atoms with van der Waals surface area (Å²) in [5, 5.41) is 0. The highest BCUT2D eigenvalue weighted by Crippen LogP contribution is 2.33. The maximum Gasteiger partial charge on any atom is 0.422 e. The van der Waals surface area contributed by atoms with Gasteiger partial charge in [-0.05, 0) is 24.6 Å². The quantitative estimate of drug-likeness (QED) is 0.802. The van der Waals surface area contributed by atoms with Crippen LogP contribution in [0, 0.1) is 0 Å². The topological polar surface area (TPSA) is 62.7 Å². The zero-order valence-corrected chi connectivity index (χ0v) is 15.1. The molecular weight excluding hydrogens is 375 g/mol. The van der Waals surface area contributed by atoms with Crippen molar-refractivity contribution in [1.29, 1.82) is 0 Å². The minimum atomic E-state index is -4.50. The van der Waals surface area contributed by atoms with Crippen LogP contribution in [-0.4, -0.2) is 42.7 Å². The molecule has 0 spiro atoms. The summed E-state index contributed by atoms with van der Waals surface area (Å²) in [6.45, 7) is 0.766. The third-order valence-electron chi connectivity index (χ3n) is 4.18. The van der Waals surface area contributed by atoms with E-state index >= 15 is 0 Å². The van der Waals surface area contributed by atoms with E-state index in [0.29, 0.717) is 30.9 Å². The zero-order chi connectivity index (χ0) is 20.3. The van der Waals surface area contributed by atoms with Crippen LogP contribution in [-0.2, 0) is 4.79 Å². The molecule has 0 unspecified atom stereocenters. The molecule has 28 heavy (non-hydrogen) atoms. The van der Waals surface area contributed by atoms with Crippen molar-refractivity contribution >= 4 is 23.2 Å². The Hall–Kier alpha value is -3.10. The van der Waals surface area contributed by atoms with Gasteiger partial charge in [0.05, 0.1) is 11.4 Å². The molecule has 1 aliphatic heterocycles. The number of para-hydroxylation sites is 2. The number of anilines is 2. The zero-order valence-electron chi connectivity index (χ0n) is 15.1. The highest BCUT2D eigenvalue weighted by atomic mass is 19.4. The number of hydrogen-bond acceptors (Lipinski definition) is 4. The molecule has 1 aromatic carbocycles. The summed E-state index contributed by atoms with van der Waals surface area (Å²) >= 11 is 0. The molecule has 1 aliphatic rings. The van der Waals surface area contributed by atoms with Crippen LogP contribution in [0.1, 0.15) is 23.8 Å². The van der Waals surface area contributed by atoms with E-state index in [1.807, 2.05) is 0 Å². The number of pyridine rings is 1. The van der Waals surface area contributed by atoms with Gasteiger partial charge >= 0.3 is 6.18 Å². The second-order valence-corrected chi connectivity index (χ2v) is 6.23. The van der Waals surface area contributed by atoms with Crippen LogP contribution in [0.4, 0.5) is 24.5 Å². The number of halogens is 3. The molecule has 0 saturated carbocycles. The molecule has 6 nitrogen and oxygen atoms in total. The molecule has 1 aromatic heterocycles. The van der Waals surface area contributed by atoms with E-state index in [1.54, 1.807) is 29.2 Å². The molecule has 2 amide bonds. The highest BCUT2D eigenvalue weighted by Gasteiger charge is 2.30. The first-order valence-corrected chi connectivity index (χ1v) is 8.62. The van der Waals surface area contributed by atoms with Gasteiger partial charge in [0.25, 0.3) is 5.91 Å². The third-order valence-corrected chi connectivity index (χ3v) is 4.18. The second kappa shape index (κ2) is 7.87. The van der Waals surface area contributed by atoms with Crippen molar-refractivity contribution in [2.75, 3.05) is 29.5 Å². The first kappa shape index (κ1) is 19.7. The van der Waals surface area contributed by atoms with Crippen molar-refractivity contribution in [3.8, 4) is 5.88 Å². The molecule has 2 aromatic rings. The molecular formula is C19H18F3N3O3. The predicted octanol–water partition coefficient (Wildman–Crippen LogP) is 3.43. The molecule has 0 fully saturated rings. The molecule has 0 N–H and O–H groups in total. The van der Waals surface area contributed by atoms with Gasteiger partial charge in [-0.25, -0.2) is 4.98 Å². The fourth-order valence-corrected chi connectivity index (χ4v) is 2.99. The van der Waals surface area contributed by atoms with Gasteiger partial charge in [-0.1, -0.05) is 18.2 Å². The van der Waals surface area contributed by atoms with E-state index in [2.05, 4.69) is 9.72 Å². The number of benzene rings is 1. The first-order chi connectivity index (χ1) is 13.3. The average Bonchev–Trinajstić information content (AvgIpc) is 2.85. The normalized spacial score (nSPS) is 14.3. The van der Waals surface area contributed by atoms with Crippen LogP contribution < -0.4 is 14.5 Å². The van der Waals surface area contributed by atoms with Crippen LogP contribution in [0.2, 0.25) is 0 Å². The maximum atomic E-state index is 13.0. The fraction of sp³-hybridized carbons (Fsp3) is 0.316. The van der Waals surface area contributed by atoms with Crippen LogP contribution in [0.15, 0.2) is 42.5 Å². The lowest BCUT2D eigenvalue weighted by molar-refractivity contribution is -0.154. The summed E-state index contributed by atoms with van der Waals surface area (Å²) in [5.41, 5.74) is 1.11. The SMILES string of the molecule is CC(=O)N1CCCN(C(=O)c2cccc(OCC(F)(F)F)n2)c2ccccc21. The van der Waals surface area contributed by atoms with Crippen molar-refractivity contribution < 1.29 is 27.5 Å². The number of ether oxygens (including phenoxy) is 1. The van der Waals surface area contributed by atoms with E-state index in [-0.39, 0.29) is 17.5 Å². The second-order valence-electron chi connectivity index (χ2n) is 6.23. The Morgan fingerprint density at radius 3 is 2.32 bits per heavy atom. The molecule has 0 aliphatic carbocycles. The summed E-state index contributed by atoms with van der Waals surface area (Å²) < 4.78 is 41.7. The number of amides is 2. The number of fused-ring (bicyclic) bond motifs is 1. The Kier molecular flexibility index (Phi) is 5.53. The van der Waals surface area contributed by atoms with Gasteiger partial charge in [-0.2, -0.15) is 13.2 Å². The first-order valence-electron chi connectivity index (χ1n) is 8.62. The lowest BCUT2D eigenvalue weighted by atomic mass is 10.2. The van der Waals surface area contributed by atoms with Crippen molar-refractivity contribution in [3.63, 3.8) is 0 Å². The van der Waals surface area contributed by atoms with Crippen LogP contribution >= 0.6 is 0 Å². The van der Waals surface area contributed by atoms with E-state index in [1.165, 1.54) is 30.0 Å². The van der Waals surface area contributed by atoms with Gasteiger partial charge in [-0.15, -0.1) is 0 Å². The molecule has 0 saturated heterocycles. The maximum absolute atomic E-state index is 13.0. The van der Waals surface area contributed by atoms with Gasteiger partial charge in [0, 0.05) is 26.1 Å². The van der Waals surface area contributed by atoms with Gasteiger partial charge in [0.2, 0.25) is 11.8 Å². The van der Waals surface area contributed by atoms with Crippen molar-refractivity contribution in [1.82, 2.24) is 4.98 Å². The van der Waals surface area contributed by atoms with Gasteiger partial charge in [-0.3, -0.25) is 9.59 Å². The number of alkyl halides is 3. The van der Waals surface area contributed by atoms with Crippen molar-refractivity contribution in [2.45, 2.75) is 19.5 Å². The van der Waals surface area contributed by atoms with E-state index in [4.69, 9.17) is 0 Å². The van der Waals surface area contributed by atoms with Gasteiger partial charge in [0.1, 0.15) is 5.69 Å². The Morgan fingerprint density at radius 2 is 1.68 bits per heavy atom. The Morgan fingerprint density at radius 1 is 1.04 bits per heavy atom. The Balaban J connectivity index is 1.89. The smallest absolute Gasteiger partial charge is 0.422 e. The molecule has 0 bridgehead atoms. The summed E-state index contributed by atoms with van der Waals surface area (Å²) in [6.07, 6.45) is -3.95. The largest absolute Gasteiger partial charge is 0.468 e. The van der Waals surface area contributed by atoms with E-state index in [9.17, 15) is 22.8 Å².